The number of hydrogen-bond acceptors (Lipinski definition) is 5. The molecule has 0 atom stereocenters. The first-order chi connectivity index (χ1) is 18.0. The van der Waals surface area contributed by atoms with Gasteiger partial charge in [0.15, 0.2) is 11.5 Å². The summed E-state index contributed by atoms with van der Waals surface area (Å²) in [6.07, 6.45) is 2.16. The van der Waals surface area contributed by atoms with Crippen LogP contribution in [0.1, 0.15) is 39.1 Å². The van der Waals surface area contributed by atoms with Crippen molar-refractivity contribution in [2.45, 2.75) is 25.3 Å². The van der Waals surface area contributed by atoms with Gasteiger partial charge in [-0.3, -0.25) is 9.59 Å². The minimum Gasteiger partial charge on any atom is -0.493 e. The molecule has 0 radical (unpaired) electrons. The molecule has 1 aliphatic rings. The van der Waals surface area contributed by atoms with Crippen molar-refractivity contribution in [3.63, 3.8) is 0 Å². The van der Waals surface area contributed by atoms with Gasteiger partial charge in [0.1, 0.15) is 5.82 Å². The number of nitrogens with zero attached hydrogens (tertiary/aromatic N) is 1. The summed E-state index contributed by atoms with van der Waals surface area (Å²) in [5.74, 6) is 0.640. The molecule has 1 fully saturated rings. The first-order valence-electron chi connectivity index (χ1n) is 12.4. The minimum absolute atomic E-state index is 0.0243. The number of rotatable bonds is 9. The lowest BCUT2D eigenvalue weighted by Gasteiger charge is -2.35. The highest BCUT2D eigenvalue weighted by molar-refractivity contribution is 6.00. The summed E-state index contributed by atoms with van der Waals surface area (Å²) in [7, 11) is 3.20. The van der Waals surface area contributed by atoms with Crippen molar-refractivity contribution in [2.24, 2.45) is 0 Å². The number of anilines is 1. The summed E-state index contributed by atoms with van der Waals surface area (Å²) in [6, 6.07) is 18.9. The van der Waals surface area contributed by atoms with Crippen molar-refractivity contribution >= 4 is 17.5 Å². The normalized spacial score (nSPS) is 13.6. The van der Waals surface area contributed by atoms with Crippen LogP contribution in [0.2, 0.25) is 0 Å². The van der Waals surface area contributed by atoms with Gasteiger partial charge in [0, 0.05) is 36.9 Å². The average molecular weight is 506 g/mol. The summed E-state index contributed by atoms with van der Waals surface area (Å²) in [5, 5.41) is 6.07. The van der Waals surface area contributed by atoms with Gasteiger partial charge >= 0.3 is 0 Å². The van der Waals surface area contributed by atoms with E-state index in [9.17, 15) is 14.0 Å². The molecule has 0 unspecified atom stereocenters. The first-order valence-corrected chi connectivity index (χ1v) is 12.4. The highest BCUT2D eigenvalue weighted by Gasteiger charge is 2.24. The number of hydrogen-bond donors (Lipinski definition) is 2. The van der Waals surface area contributed by atoms with Crippen molar-refractivity contribution in [3.8, 4) is 11.5 Å². The molecule has 3 aromatic carbocycles. The van der Waals surface area contributed by atoms with Crippen LogP contribution in [0, 0.1) is 5.82 Å². The number of nitrogens with one attached hydrogen (secondary N) is 2. The molecule has 2 amide bonds. The molecule has 4 rings (SSSR count). The summed E-state index contributed by atoms with van der Waals surface area (Å²) in [4.78, 5) is 27.7. The number of ether oxygens (including phenoxy) is 2. The van der Waals surface area contributed by atoms with Crippen LogP contribution in [0.25, 0.3) is 0 Å². The number of para-hydroxylation sites is 1. The molecule has 0 aliphatic carbocycles. The highest BCUT2D eigenvalue weighted by atomic mass is 19.1. The maximum absolute atomic E-state index is 13.1. The van der Waals surface area contributed by atoms with Gasteiger partial charge in [-0.05, 0) is 73.4 Å². The summed E-state index contributed by atoms with van der Waals surface area (Å²) in [5.41, 5.74) is 2.99. The van der Waals surface area contributed by atoms with Crippen molar-refractivity contribution in [2.75, 3.05) is 38.8 Å². The fraction of sp³-hybridized carbons (Fsp3) is 0.310. The van der Waals surface area contributed by atoms with Crippen LogP contribution >= 0.6 is 0 Å². The fourth-order valence-corrected chi connectivity index (χ4v) is 4.53. The third kappa shape index (κ3) is 6.58. The van der Waals surface area contributed by atoms with Gasteiger partial charge in [-0.25, -0.2) is 4.39 Å². The van der Waals surface area contributed by atoms with Gasteiger partial charge in [0.05, 0.1) is 19.8 Å². The predicted octanol–water partition coefficient (Wildman–Crippen LogP) is 4.21. The number of halogens is 1. The van der Waals surface area contributed by atoms with E-state index in [0.717, 1.165) is 24.1 Å². The first kappa shape index (κ1) is 26.0. The maximum Gasteiger partial charge on any atom is 0.253 e. The molecule has 0 saturated carbocycles. The topological polar surface area (TPSA) is 79.9 Å². The van der Waals surface area contributed by atoms with Crippen LogP contribution in [-0.2, 0) is 6.42 Å². The van der Waals surface area contributed by atoms with Crippen LogP contribution in [0.3, 0.4) is 0 Å². The second-order valence-corrected chi connectivity index (χ2v) is 8.95. The maximum atomic E-state index is 13.1. The second kappa shape index (κ2) is 12.3. The number of carbonyl (C=O) groups is 2. The lowest BCUT2D eigenvalue weighted by Crippen LogP contribution is -2.45. The monoisotopic (exact) mass is 505 g/mol. The second-order valence-electron chi connectivity index (χ2n) is 8.95. The Bertz CT molecular complexity index is 1220. The Morgan fingerprint density at radius 1 is 0.919 bits per heavy atom. The Morgan fingerprint density at radius 2 is 1.62 bits per heavy atom. The quantitative estimate of drug-likeness (QED) is 0.455. The molecule has 1 saturated heterocycles. The van der Waals surface area contributed by atoms with Gasteiger partial charge in [-0.1, -0.05) is 18.2 Å². The Hall–Kier alpha value is -4.07. The zero-order valence-corrected chi connectivity index (χ0v) is 21.1. The van der Waals surface area contributed by atoms with E-state index in [4.69, 9.17) is 9.47 Å². The van der Waals surface area contributed by atoms with Crippen molar-refractivity contribution in [1.82, 2.24) is 10.6 Å². The number of carbonyl (C=O) groups excluding carboxylic acids is 2. The Morgan fingerprint density at radius 3 is 2.32 bits per heavy atom. The van der Waals surface area contributed by atoms with Crippen LogP contribution < -0.4 is 25.0 Å². The van der Waals surface area contributed by atoms with E-state index < -0.39 is 0 Å². The smallest absolute Gasteiger partial charge is 0.253 e. The predicted molar refractivity (Wildman–Crippen MR) is 141 cm³/mol. The molecule has 0 aromatic heterocycles. The molecule has 3 aromatic rings. The van der Waals surface area contributed by atoms with E-state index in [1.165, 1.54) is 24.3 Å². The van der Waals surface area contributed by atoms with Crippen LogP contribution in [0.15, 0.2) is 66.7 Å². The third-order valence-corrected chi connectivity index (χ3v) is 6.57. The van der Waals surface area contributed by atoms with E-state index in [1.807, 2.05) is 42.5 Å². The van der Waals surface area contributed by atoms with E-state index in [2.05, 4.69) is 15.5 Å². The van der Waals surface area contributed by atoms with Crippen molar-refractivity contribution < 1.29 is 23.5 Å². The van der Waals surface area contributed by atoms with Crippen molar-refractivity contribution in [1.29, 1.82) is 0 Å². The average Bonchev–Trinajstić information content (AvgIpc) is 2.93. The minimum atomic E-state index is -0.367. The van der Waals surface area contributed by atoms with Gasteiger partial charge in [0.25, 0.3) is 11.8 Å². The molecule has 7 nitrogen and oxygen atoms in total. The summed E-state index contributed by atoms with van der Waals surface area (Å²) < 4.78 is 23.8. The molecule has 0 bridgehead atoms. The number of amides is 2. The molecule has 0 spiro atoms. The SMILES string of the molecule is COc1ccc(CCNC(=O)c2ccccc2N2CCC(NC(=O)c3ccc(F)cc3)CC2)cc1OC. The molecular weight excluding hydrogens is 473 g/mol. The summed E-state index contributed by atoms with van der Waals surface area (Å²) in [6.45, 7) is 1.91. The molecule has 194 valence electrons. The van der Waals surface area contributed by atoms with Gasteiger partial charge in [-0.15, -0.1) is 0 Å². The lowest BCUT2D eigenvalue weighted by atomic mass is 10.0. The zero-order chi connectivity index (χ0) is 26.2. The number of methoxy groups -OCH3 is 2. The lowest BCUT2D eigenvalue weighted by molar-refractivity contribution is 0.0929. The highest BCUT2D eigenvalue weighted by Crippen LogP contribution is 2.28. The van der Waals surface area contributed by atoms with Crippen LogP contribution in [0.5, 0.6) is 11.5 Å². The van der Waals surface area contributed by atoms with E-state index in [1.54, 1.807) is 14.2 Å². The molecule has 8 heteroatoms. The zero-order valence-electron chi connectivity index (χ0n) is 21.1. The van der Waals surface area contributed by atoms with Gasteiger partial charge in [-0.2, -0.15) is 0 Å². The summed E-state index contributed by atoms with van der Waals surface area (Å²) >= 11 is 0. The van der Waals surface area contributed by atoms with E-state index in [-0.39, 0.29) is 23.7 Å². The number of piperidine rings is 1. The van der Waals surface area contributed by atoms with Crippen molar-refractivity contribution in [3.05, 3.63) is 89.2 Å². The largest absolute Gasteiger partial charge is 0.493 e. The Labute approximate surface area is 216 Å². The van der Waals surface area contributed by atoms with E-state index >= 15 is 0 Å². The molecular formula is C29H32FN3O4. The standard InChI is InChI=1S/C29H32FN3O4/c1-36-26-12-7-20(19-27(26)37-2)13-16-31-29(35)24-5-3-4-6-25(24)33-17-14-23(15-18-33)32-28(34)21-8-10-22(30)11-9-21/h3-12,19,23H,13-18H2,1-2H3,(H,31,35)(H,32,34). The van der Waals surface area contributed by atoms with E-state index in [0.29, 0.717) is 48.7 Å². The number of benzene rings is 3. The third-order valence-electron chi connectivity index (χ3n) is 6.57. The Balaban J connectivity index is 1.31. The van der Waals surface area contributed by atoms with Crippen LogP contribution in [-0.4, -0.2) is 51.7 Å². The molecule has 1 heterocycles. The molecule has 37 heavy (non-hydrogen) atoms. The van der Waals surface area contributed by atoms with Gasteiger partial charge < -0.3 is 25.0 Å². The molecule has 1 aliphatic heterocycles. The molecule has 2 N–H and O–H groups in total. The fourth-order valence-electron chi connectivity index (χ4n) is 4.53. The van der Waals surface area contributed by atoms with Crippen LogP contribution in [0.4, 0.5) is 10.1 Å². The van der Waals surface area contributed by atoms with Gasteiger partial charge in [0.2, 0.25) is 0 Å². The Kier molecular flexibility index (Phi) is 8.61.